The van der Waals surface area contributed by atoms with Gasteiger partial charge in [0.05, 0.1) is 39.5 Å². The van der Waals surface area contributed by atoms with E-state index in [2.05, 4.69) is 10.5 Å². The molecule has 0 atom stereocenters. The highest BCUT2D eigenvalue weighted by Crippen LogP contribution is 2.34. The van der Waals surface area contributed by atoms with E-state index in [1.807, 2.05) is 0 Å². The van der Waals surface area contributed by atoms with Crippen molar-refractivity contribution < 1.29 is 44.8 Å². The van der Waals surface area contributed by atoms with E-state index < -0.39 is 38.2 Å². The summed E-state index contributed by atoms with van der Waals surface area (Å²) in [6, 6.07) is 12.5. The molecule has 202 valence electrons. The molecular formula is C25H23F3N2O7S. The average molecular weight is 553 g/mol. The van der Waals surface area contributed by atoms with Gasteiger partial charge in [-0.3, -0.25) is 4.79 Å². The lowest BCUT2D eigenvalue weighted by molar-refractivity contribution is -0.137. The molecule has 0 fully saturated rings. The molecule has 3 rings (SSSR count). The number of ether oxygens (including phenoxy) is 3. The highest BCUT2D eigenvalue weighted by atomic mass is 32.2. The van der Waals surface area contributed by atoms with Crippen LogP contribution in [-0.2, 0) is 27.5 Å². The Morgan fingerprint density at radius 2 is 1.55 bits per heavy atom. The van der Waals surface area contributed by atoms with Crippen molar-refractivity contribution in [3.8, 4) is 23.0 Å². The molecule has 13 heteroatoms. The van der Waals surface area contributed by atoms with Crippen LogP contribution < -0.4 is 23.8 Å². The Morgan fingerprint density at radius 3 is 2.11 bits per heavy atom. The number of nitrogens with zero attached hydrogens (tertiary/aromatic N) is 1. The minimum Gasteiger partial charge on any atom is -0.496 e. The summed E-state index contributed by atoms with van der Waals surface area (Å²) in [7, 11) is -0.320. The van der Waals surface area contributed by atoms with Crippen molar-refractivity contribution in [1.29, 1.82) is 0 Å². The Kier molecular flexibility index (Phi) is 8.84. The number of alkyl halides is 3. The van der Waals surface area contributed by atoms with E-state index in [0.717, 1.165) is 12.3 Å². The summed E-state index contributed by atoms with van der Waals surface area (Å²) >= 11 is 0. The molecule has 0 bridgehead atoms. The zero-order chi connectivity index (χ0) is 27.9. The van der Waals surface area contributed by atoms with Crippen molar-refractivity contribution in [1.82, 2.24) is 5.43 Å². The van der Waals surface area contributed by atoms with Crippen LogP contribution in [0.1, 0.15) is 16.7 Å². The second kappa shape index (κ2) is 11.9. The van der Waals surface area contributed by atoms with E-state index in [0.29, 0.717) is 34.9 Å². The zero-order valence-electron chi connectivity index (χ0n) is 20.4. The summed E-state index contributed by atoms with van der Waals surface area (Å²) in [5, 5.41) is 3.67. The van der Waals surface area contributed by atoms with E-state index in [9.17, 15) is 26.4 Å². The van der Waals surface area contributed by atoms with Gasteiger partial charge in [-0.15, -0.1) is 0 Å². The molecule has 0 radical (unpaired) electrons. The number of carbonyl (C=O) groups is 1. The van der Waals surface area contributed by atoms with Gasteiger partial charge >= 0.3 is 16.3 Å². The van der Waals surface area contributed by atoms with Gasteiger partial charge in [0.15, 0.2) is 0 Å². The summed E-state index contributed by atoms with van der Waals surface area (Å²) < 4.78 is 86.3. The van der Waals surface area contributed by atoms with E-state index in [1.54, 1.807) is 18.2 Å². The molecule has 0 saturated heterocycles. The van der Waals surface area contributed by atoms with Crippen LogP contribution in [0.5, 0.6) is 23.0 Å². The SMILES string of the molecule is COc1cc(OC)c(CC(=O)NN=Cc2cc(C(F)(F)F)ccc2S(=O)(=O)Oc2ccccc2)c(OC)c1. The average Bonchev–Trinajstić information content (AvgIpc) is 2.88. The van der Waals surface area contributed by atoms with Gasteiger partial charge < -0.3 is 18.4 Å². The van der Waals surface area contributed by atoms with Crippen LogP contribution in [0.25, 0.3) is 0 Å². The van der Waals surface area contributed by atoms with Crippen LogP contribution in [-0.4, -0.2) is 41.9 Å². The third-order valence-electron chi connectivity index (χ3n) is 5.10. The summed E-state index contributed by atoms with van der Waals surface area (Å²) in [5.41, 5.74) is 0.969. The Balaban J connectivity index is 1.88. The number of hydrazone groups is 1. The molecule has 1 amide bonds. The van der Waals surface area contributed by atoms with Crippen LogP contribution in [0.15, 0.2) is 70.7 Å². The maximum atomic E-state index is 13.3. The highest BCUT2D eigenvalue weighted by molar-refractivity contribution is 7.87. The quantitative estimate of drug-likeness (QED) is 0.228. The molecular weight excluding hydrogens is 529 g/mol. The molecule has 0 aromatic heterocycles. The molecule has 3 aromatic carbocycles. The summed E-state index contributed by atoms with van der Waals surface area (Å²) in [5.74, 6) is 0.303. The number of halogens is 3. The van der Waals surface area contributed by atoms with Crippen molar-refractivity contribution >= 4 is 22.2 Å². The second-order valence-electron chi connectivity index (χ2n) is 7.58. The highest BCUT2D eigenvalue weighted by Gasteiger charge is 2.32. The lowest BCUT2D eigenvalue weighted by Gasteiger charge is -2.14. The largest absolute Gasteiger partial charge is 0.496 e. The Bertz CT molecular complexity index is 1400. The van der Waals surface area contributed by atoms with Crippen LogP contribution in [0, 0.1) is 0 Å². The number of carbonyl (C=O) groups excluding carboxylic acids is 1. The van der Waals surface area contributed by atoms with Gasteiger partial charge in [0.1, 0.15) is 27.9 Å². The number of nitrogens with one attached hydrogen (secondary N) is 1. The van der Waals surface area contributed by atoms with Crippen molar-refractivity contribution in [2.24, 2.45) is 5.10 Å². The molecule has 0 aliphatic heterocycles. The van der Waals surface area contributed by atoms with Crippen LogP contribution in [0.4, 0.5) is 13.2 Å². The normalized spacial score (nSPS) is 11.7. The zero-order valence-corrected chi connectivity index (χ0v) is 21.2. The first-order chi connectivity index (χ1) is 18.0. The molecule has 0 aliphatic rings. The van der Waals surface area contributed by atoms with Crippen molar-refractivity contribution in [3.05, 3.63) is 77.4 Å². The number of benzene rings is 3. The first kappa shape index (κ1) is 28.3. The molecule has 1 N–H and O–H groups in total. The summed E-state index contributed by atoms with van der Waals surface area (Å²) in [6.07, 6.45) is -4.24. The monoisotopic (exact) mass is 552 g/mol. The third-order valence-corrected chi connectivity index (χ3v) is 6.43. The smallest absolute Gasteiger partial charge is 0.416 e. The number of amides is 1. The van der Waals surface area contributed by atoms with E-state index in [1.165, 1.54) is 45.6 Å². The summed E-state index contributed by atoms with van der Waals surface area (Å²) in [4.78, 5) is 12.0. The van der Waals surface area contributed by atoms with Gasteiger partial charge in [0, 0.05) is 23.3 Å². The van der Waals surface area contributed by atoms with Gasteiger partial charge in [0.2, 0.25) is 5.91 Å². The lowest BCUT2D eigenvalue weighted by atomic mass is 10.1. The first-order valence-electron chi connectivity index (χ1n) is 10.8. The Hall–Kier alpha value is -4.26. The van der Waals surface area contributed by atoms with Gasteiger partial charge in [-0.2, -0.15) is 26.7 Å². The van der Waals surface area contributed by atoms with Gasteiger partial charge in [0.25, 0.3) is 0 Å². The molecule has 3 aromatic rings. The maximum absolute atomic E-state index is 13.3. The molecule has 9 nitrogen and oxygen atoms in total. The lowest BCUT2D eigenvalue weighted by Crippen LogP contribution is -2.21. The molecule has 38 heavy (non-hydrogen) atoms. The minimum absolute atomic E-state index is 0.0361. The Labute approximate surface area is 216 Å². The second-order valence-corrected chi connectivity index (χ2v) is 9.10. The number of methoxy groups -OCH3 is 3. The fourth-order valence-electron chi connectivity index (χ4n) is 3.33. The molecule has 0 spiro atoms. The third kappa shape index (κ3) is 6.94. The van der Waals surface area contributed by atoms with Crippen LogP contribution >= 0.6 is 0 Å². The topological polar surface area (TPSA) is 113 Å². The summed E-state index contributed by atoms with van der Waals surface area (Å²) in [6.45, 7) is 0. The molecule has 0 saturated carbocycles. The van der Waals surface area contributed by atoms with E-state index in [4.69, 9.17) is 18.4 Å². The van der Waals surface area contributed by atoms with E-state index in [-0.39, 0.29) is 12.2 Å². The number of hydrogen-bond acceptors (Lipinski definition) is 8. The molecule has 0 aliphatic carbocycles. The fraction of sp³-hybridized carbons (Fsp3) is 0.200. The van der Waals surface area contributed by atoms with Crippen LogP contribution in [0.3, 0.4) is 0 Å². The number of para-hydroxylation sites is 1. The van der Waals surface area contributed by atoms with Crippen LogP contribution in [0.2, 0.25) is 0 Å². The predicted octanol–water partition coefficient (Wildman–Crippen LogP) is 4.19. The van der Waals surface area contributed by atoms with Crippen molar-refractivity contribution in [3.63, 3.8) is 0 Å². The standard InChI is InChI=1S/C25H23F3N2O7S/c1-34-19-12-21(35-2)20(22(13-19)36-3)14-24(31)30-29-15-16-11-17(25(26,27)28)9-10-23(16)38(32,33)37-18-7-5-4-6-8-18/h4-13,15H,14H2,1-3H3,(H,30,31). The van der Waals surface area contributed by atoms with E-state index >= 15 is 0 Å². The first-order valence-corrected chi connectivity index (χ1v) is 12.2. The van der Waals surface area contributed by atoms with Crippen molar-refractivity contribution in [2.45, 2.75) is 17.5 Å². The molecule has 0 heterocycles. The van der Waals surface area contributed by atoms with Gasteiger partial charge in [-0.25, -0.2) is 5.43 Å². The van der Waals surface area contributed by atoms with Gasteiger partial charge in [-0.05, 0) is 30.3 Å². The Morgan fingerprint density at radius 1 is 0.921 bits per heavy atom. The number of rotatable bonds is 10. The van der Waals surface area contributed by atoms with Crippen molar-refractivity contribution in [2.75, 3.05) is 21.3 Å². The minimum atomic E-state index is -4.75. The van der Waals surface area contributed by atoms with Gasteiger partial charge in [-0.1, -0.05) is 18.2 Å². The molecule has 0 unspecified atom stereocenters. The maximum Gasteiger partial charge on any atom is 0.416 e. The predicted molar refractivity (Wildman–Crippen MR) is 131 cm³/mol. The fourth-order valence-corrected chi connectivity index (χ4v) is 4.42. The number of hydrogen-bond donors (Lipinski definition) is 1.